The van der Waals surface area contributed by atoms with Gasteiger partial charge in [0.1, 0.15) is 5.60 Å². The molecule has 3 rings (SSSR count). The zero-order chi connectivity index (χ0) is 18.2. The first-order valence-electron chi connectivity index (χ1n) is 8.68. The molecule has 2 heterocycles. The molecule has 0 spiro atoms. The van der Waals surface area contributed by atoms with Gasteiger partial charge in [-0.1, -0.05) is 0 Å². The second-order valence-corrected chi connectivity index (χ2v) is 7.65. The van der Waals surface area contributed by atoms with Gasteiger partial charge in [0.2, 0.25) is 0 Å². The molecule has 0 radical (unpaired) electrons. The van der Waals surface area contributed by atoms with E-state index < -0.39 is 5.60 Å². The number of hydrogen-bond acceptors (Lipinski definition) is 4. The third kappa shape index (κ3) is 3.83. The quantitative estimate of drug-likeness (QED) is 0.784. The van der Waals surface area contributed by atoms with Crippen LogP contribution in [0.5, 0.6) is 0 Å². The van der Waals surface area contributed by atoms with Crippen molar-refractivity contribution in [2.45, 2.75) is 39.2 Å². The Kier molecular flexibility index (Phi) is 4.54. The topological polar surface area (TPSA) is 64.4 Å². The Morgan fingerprint density at radius 2 is 1.88 bits per heavy atom. The van der Waals surface area contributed by atoms with Gasteiger partial charge in [0.15, 0.2) is 5.78 Å². The Morgan fingerprint density at radius 3 is 2.52 bits per heavy atom. The molecule has 0 unspecified atom stereocenters. The van der Waals surface area contributed by atoms with Crippen LogP contribution in [0.1, 0.15) is 44.0 Å². The molecule has 6 heteroatoms. The number of amides is 1. The Morgan fingerprint density at radius 1 is 1.20 bits per heavy atom. The van der Waals surface area contributed by atoms with Crippen molar-refractivity contribution in [3.63, 3.8) is 0 Å². The van der Waals surface area contributed by atoms with Crippen molar-refractivity contribution >= 4 is 22.8 Å². The minimum absolute atomic E-state index is 0.0483. The van der Waals surface area contributed by atoms with Crippen LogP contribution >= 0.6 is 0 Å². The van der Waals surface area contributed by atoms with Crippen LogP contribution in [0.4, 0.5) is 4.79 Å². The SMILES string of the molecule is Cn1ncc2cc(C(=O)C3CCN(C(=O)OC(C)(C)C)CC3)ccc21. The van der Waals surface area contributed by atoms with E-state index in [0.717, 1.165) is 16.5 Å². The van der Waals surface area contributed by atoms with Gasteiger partial charge in [-0.05, 0) is 51.8 Å². The third-order valence-electron chi connectivity index (χ3n) is 4.55. The summed E-state index contributed by atoms with van der Waals surface area (Å²) in [5, 5.41) is 5.19. The van der Waals surface area contributed by atoms with Gasteiger partial charge in [-0.3, -0.25) is 9.48 Å². The Balaban J connectivity index is 1.63. The fraction of sp³-hybridized carbons (Fsp3) is 0.526. The number of aromatic nitrogens is 2. The van der Waals surface area contributed by atoms with Crippen LogP contribution in [0.2, 0.25) is 0 Å². The van der Waals surface area contributed by atoms with E-state index in [-0.39, 0.29) is 17.8 Å². The molecule has 25 heavy (non-hydrogen) atoms. The first kappa shape index (κ1) is 17.5. The summed E-state index contributed by atoms with van der Waals surface area (Å²) in [7, 11) is 1.89. The maximum atomic E-state index is 12.8. The summed E-state index contributed by atoms with van der Waals surface area (Å²) in [5.74, 6) is 0.0994. The lowest BCUT2D eigenvalue weighted by Gasteiger charge is -2.33. The molecule has 0 atom stereocenters. The zero-order valence-corrected chi connectivity index (χ0v) is 15.3. The molecule has 0 N–H and O–H groups in total. The first-order chi connectivity index (χ1) is 11.7. The number of nitrogens with zero attached hydrogens (tertiary/aromatic N) is 3. The van der Waals surface area contributed by atoms with Crippen molar-refractivity contribution in [3.8, 4) is 0 Å². The van der Waals surface area contributed by atoms with E-state index in [0.29, 0.717) is 25.9 Å². The molecule has 1 aromatic carbocycles. The summed E-state index contributed by atoms with van der Waals surface area (Å²) in [6.45, 7) is 6.68. The summed E-state index contributed by atoms with van der Waals surface area (Å²) in [5.41, 5.74) is 1.23. The molecule has 0 saturated carbocycles. The summed E-state index contributed by atoms with van der Waals surface area (Å²) in [4.78, 5) is 26.6. The van der Waals surface area contributed by atoms with Gasteiger partial charge < -0.3 is 9.64 Å². The van der Waals surface area contributed by atoms with Gasteiger partial charge in [-0.15, -0.1) is 0 Å². The second-order valence-electron chi connectivity index (χ2n) is 7.65. The van der Waals surface area contributed by atoms with Crippen molar-refractivity contribution in [1.29, 1.82) is 0 Å². The molecular weight excluding hydrogens is 318 g/mol. The van der Waals surface area contributed by atoms with Gasteiger partial charge in [0.05, 0.1) is 11.7 Å². The van der Waals surface area contributed by atoms with Crippen LogP contribution in [0.25, 0.3) is 10.9 Å². The number of ketones is 1. The highest BCUT2D eigenvalue weighted by atomic mass is 16.6. The molecule has 1 aliphatic heterocycles. The number of Topliss-reactive ketones (excluding diaryl/α,β-unsaturated/α-hetero) is 1. The monoisotopic (exact) mass is 343 g/mol. The van der Waals surface area contributed by atoms with Gasteiger partial charge in [0, 0.05) is 37.0 Å². The first-order valence-corrected chi connectivity index (χ1v) is 8.68. The van der Waals surface area contributed by atoms with Crippen LogP contribution in [0, 0.1) is 5.92 Å². The normalized spacial score (nSPS) is 16.2. The van der Waals surface area contributed by atoms with Gasteiger partial charge in [-0.2, -0.15) is 5.10 Å². The van der Waals surface area contributed by atoms with E-state index in [1.165, 1.54) is 0 Å². The van der Waals surface area contributed by atoms with E-state index in [1.54, 1.807) is 15.8 Å². The van der Waals surface area contributed by atoms with Gasteiger partial charge >= 0.3 is 6.09 Å². The molecule has 6 nitrogen and oxygen atoms in total. The molecule has 0 bridgehead atoms. The number of piperidine rings is 1. The number of rotatable bonds is 2. The maximum absolute atomic E-state index is 12.8. The Labute approximate surface area is 147 Å². The number of benzene rings is 1. The van der Waals surface area contributed by atoms with Gasteiger partial charge in [0.25, 0.3) is 0 Å². The maximum Gasteiger partial charge on any atom is 0.410 e. The summed E-state index contributed by atoms with van der Waals surface area (Å²) < 4.78 is 7.20. The Bertz CT molecular complexity index is 796. The number of likely N-dealkylation sites (tertiary alicyclic amines) is 1. The summed E-state index contributed by atoms with van der Waals surface area (Å²) in [6.07, 6.45) is 2.82. The van der Waals surface area contributed by atoms with Crippen molar-refractivity contribution < 1.29 is 14.3 Å². The summed E-state index contributed by atoms with van der Waals surface area (Å²) >= 11 is 0. The minimum atomic E-state index is -0.497. The average Bonchev–Trinajstić information content (AvgIpc) is 2.93. The summed E-state index contributed by atoms with van der Waals surface area (Å²) in [6, 6.07) is 5.71. The van der Waals surface area contributed by atoms with Crippen molar-refractivity contribution in [3.05, 3.63) is 30.0 Å². The number of ether oxygens (including phenoxy) is 1. The molecule has 2 aromatic rings. The minimum Gasteiger partial charge on any atom is -0.444 e. The molecule has 1 amide bonds. The highest BCUT2D eigenvalue weighted by molar-refractivity contribution is 6.01. The van der Waals surface area contributed by atoms with Gasteiger partial charge in [-0.25, -0.2) is 4.79 Å². The lowest BCUT2D eigenvalue weighted by Crippen LogP contribution is -2.43. The number of carbonyl (C=O) groups is 2. The van der Waals surface area contributed by atoms with Crippen LogP contribution in [0.15, 0.2) is 24.4 Å². The second kappa shape index (κ2) is 6.50. The van der Waals surface area contributed by atoms with Crippen LogP contribution in [0.3, 0.4) is 0 Å². The largest absolute Gasteiger partial charge is 0.444 e. The molecule has 1 aliphatic rings. The third-order valence-corrected chi connectivity index (χ3v) is 4.55. The van der Waals surface area contributed by atoms with E-state index in [2.05, 4.69) is 5.10 Å². The fourth-order valence-corrected chi connectivity index (χ4v) is 3.20. The van der Waals surface area contributed by atoms with Crippen molar-refractivity contribution in [2.24, 2.45) is 13.0 Å². The highest BCUT2D eigenvalue weighted by Crippen LogP contribution is 2.25. The van der Waals surface area contributed by atoms with E-state index >= 15 is 0 Å². The average molecular weight is 343 g/mol. The van der Waals surface area contributed by atoms with Crippen molar-refractivity contribution in [2.75, 3.05) is 13.1 Å². The molecule has 0 aliphatic carbocycles. The molecule has 1 aromatic heterocycles. The molecule has 1 saturated heterocycles. The number of aryl methyl sites for hydroxylation is 1. The van der Waals surface area contributed by atoms with E-state index in [9.17, 15) is 9.59 Å². The number of fused-ring (bicyclic) bond motifs is 1. The van der Waals surface area contributed by atoms with Crippen molar-refractivity contribution in [1.82, 2.24) is 14.7 Å². The lowest BCUT2D eigenvalue weighted by molar-refractivity contribution is 0.0182. The Hall–Kier alpha value is -2.37. The molecule has 134 valence electrons. The fourth-order valence-electron chi connectivity index (χ4n) is 3.20. The number of carbonyl (C=O) groups excluding carboxylic acids is 2. The predicted molar refractivity (Wildman–Crippen MR) is 95.6 cm³/mol. The predicted octanol–water partition coefficient (Wildman–Crippen LogP) is 3.40. The van der Waals surface area contributed by atoms with E-state index in [1.807, 2.05) is 46.0 Å². The zero-order valence-electron chi connectivity index (χ0n) is 15.3. The van der Waals surface area contributed by atoms with E-state index in [4.69, 9.17) is 4.74 Å². The molecule has 1 fully saturated rings. The number of hydrogen-bond donors (Lipinski definition) is 0. The highest BCUT2D eigenvalue weighted by Gasteiger charge is 2.30. The smallest absolute Gasteiger partial charge is 0.410 e. The van der Waals surface area contributed by atoms with Crippen LogP contribution in [-0.4, -0.2) is 45.2 Å². The molecular formula is C19H25N3O3. The lowest BCUT2D eigenvalue weighted by atomic mass is 9.88. The van der Waals surface area contributed by atoms with Crippen LogP contribution in [-0.2, 0) is 11.8 Å². The van der Waals surface area contributed by atoms with Crippen LogP contribution < -0.4 is 0 Å². The standard InChI is InChI=1S/C19H25N3O3/c1-19(2,3)25-18(24)22-9-7-13(8-10-22)17(23)14-5-6-16-15(11-14)12-20-21(16)4/h5-6,11-13H,7-10H2,1-4H3.